The van der Waals surface area contributed by atoms with E-state index in [1.807, 2.05) is 12.1 Å². The molecular formula is C16H21Cl2FN2. The van der Waals surface area contributed by atoms with Gasteiger partial charge in [-0.25, -0.2) is 4.39 Å². The van der Waals surface area contributed by atoms with Crippen LogP contribution in [0.15, 0.2) is 42.5 Å². The maximum atomic E-state index is 13.5. The highest BCUT2D eigenvalue weighted by Gasteiger charge is 2.22. The summed E-state index contributed by atoms with van der Waals surface area (Å²) in [4.78, 5) is 2.24. The van der Waals surface area contributed by atoms with Crippen molar-refractivity contribution in [2.75, 3.05) is 32.9 Å². The fourth-order valence-electron chi connectivity index (χ4n) is 2.81. The van der Waals surface area contributed by atoms with E-state index in [1.54, 1.807) is 0 Å². The molecule has 0 aromatic heterocycles. The summed E-state index contributed by atoms with van der Waals surface area (Å²) in [6, 6.07) is 14.4. The zero-order valence-corrected chi connectivity index (χ0v) is 13.4. The lowest BCUT2D eigenvalue weighted by Crippen LogP contribution is -2.45. The summed E-state index contributed by atoms with van der Waals surface area (Å²) in [5.74, 6) is 0. The number of alkyl halides is 1. The van der Waals surface area contributed by atoms with Crippen LogP contribution in [-0.2, 0) is 0 Å². The molecule has 1 fully saturated rings. The van der Waals surface area contributed by atoms with Gasteiger partial charge in [0.25, 0.3) is 0 Å². The molecule has 2 aromatic rings. The molecule has 0 amide bonds. The van der Waals surface area contributed by atoms with Crippen molar-refractivity contribution in [2.45, 2.75) is 6.04 Å². The molecule has 1 atom stereocenters. The minimum Gasteiger partial charge on any atom is -0.314 e. The molecule has 1 aliphatic rings. The molecule has 2 nitrogen and oxygen atoms in total. The van der Waals surface area contributed by atoms with Gasteiger partial charge in [-0.2, -0.15) is 0 Å². The Bertz CT molecular complexity index is 559. The number of nitrogens with zero attached hydrogens (tertiary/aromatic N) is 1. The smallest absolute Gasteiger partial charge is 0.109 e. The molecule has 0 radical (unpaired) electrons. The van der Waals surface area contributed by atoms with Gasteiger partial charge in [-0.05, 0) is 22.4 Å². The number of benzene rings is 2. The van der Waals surface area contributed by atoms with Crippen molar-refractivity contribution in [3.05, 3.63) is 48.0 Å². The molecule has 1 N–H and O–H groups in total. The molecule has 0 aliphatic carbocycles. The monoisotopic (exact) mass is 330 g/mol. The van der Waals surface area contributed by atoms with E-state index >= 15 is 0 Å². The fourth-order valence-corrected chi connectivity index (χ4v) is 2.81. The van der Waals surface area contributed by atoms with Gasteiger partial charge in [0.05, 0.1) is 6.04 Å². The van der Waals surface area contributed by atoms with E-state index in [9.17, 15) is 4.39 Å². The number of hydrogen-bond donors (Lipinski definition) is 1. The van der Waals surface area contributed by atoms with Gasteiger partial charge >= 0.3 is 0 Å². The third-order valence-corrected chi connectivity index (χ3v) is 3.90. The van der Waals surface area contributed by atoms with E-state index in [0.29, 0.717) is 0 Å². The fraction of sp³-hybridized carbons (Fsp3) is 0.375. The summed E-state index contributed by atoms with van der Waals surface area (Å²) >= 11 is 0. The van der Waals surface area contributed by atoms with Crippen LogP contribution in [0.3, 0.4) is 0 Å². The second kappa shape index (κ2) is 8.54. The minimum atomic E-state index is -0.321. The molecule has 21 heavy (non-hydrogen) atoms. The van der Waals surface area contributed by atoms with Crippen molar-refractivity contribution in [3.8, 4) is 0 Å². The van der Waals surface area contributed by atoms with E-state index in [2.05, 4.69) is 40.5 Å². The first-order valence-corrected chi connectivity index (χ1v) is 6.88. The maximum Gasteiger partial charge on any atom is 0.109 e. The van der Waals surface area contributed by atoms with Crippen LogP contribution in [-0.4, -0.2) is 37.8 Å². The Morgan fingerprint density at radius 2 is 1.67 bits per heavy atom. The maximum absolute atomic E-state index is 13.5. The lowest BCUT2D eigenvalue weighted by atomic mass is 10.0. The van der Waals surface area contributed by atoms with E-state index < -0.39 is 0 Å². The standard InChI is InChI=1S/C16H19FN2.2ClH/c17-12-16(19-9-7-18-8-10-19)15-6-5-13-3-1-2-4-14(13)11-15;;/h1-6,11,16,18H,7-10,12H2;2*1H/t16-;;/m1../s1. The van der Waals surface area contributed by atoms with Crippen LogP contribution < -0.4 is 5.32 Å². The molecule has 0 spiro atoms. The molecule has 3 rings (SSSR count). The number of fused-ring (bicyclic) bond motifs is 1. The van der Waals surface area contributed by atoms with Crippen molar-refractivity contribution in [2.24, 2.45) is 0 Å². The zero-order chi connectivity index (χ0) is 13.1. The lowest BCUT2D eigenvalue weighted by Gasteiger charge is -2.33. The zero-order valence-electron chi connectivity index (χ0n) is 11.8. The normalized spacial score (nSPS) is 16.8. The second-order valence-electron chi connectivity index (χ2n) is 5.06. The van der Waals surface area contributed by atoms with E-state index in [-0.39, 0.29) is 37.5 Å². The van der Waals surface area contributed by atoms with Crippen LogP contribution in [0.25, 0.3) is 10.8 Å². The first-order chi connectivity index (χ1) is 9.38. The SMILES string of the molecule is Cl.Cl.FC[C@H](c1ccc2ccccc2c1)N1CCNCC1. The molecular weight excluding hydrogens is 310 g/mol. The lowest BCUT2D eigenvalue weighted by molar-refractivity contribution is 0.147. The first-order valence-electron chi connectivity index (χ1n) is 6.88. The Kier molecular flexibility index (Phi) is 7.40. The Balaban J connectivity index is 0.00000110. The summed E-state index contributed by atoms with van der Waals surface area (Å²) < 4.78 is 13.5. The van der Waals surface area contributed by atoms with Gasteiger partial charge in [-0.1, -0.05) is 36.4 Å². The summed E-state index contributed by atoms with van der Waals surface area (Å²) in [7, 11) is 0. The van der Waals surface area contributed by atoms with Gasteiger partial charge in [0.15, 0.2) is 0 Å². The van der Waals surface area contributed by atoms with E-state index in [1.165, 1.54) is 10.8 Å². The molecule has 5 heteroatoms. The summed E-state index contributed by atoms with van der Waals surface area (Å²) in [5, 5.41) is 5.71. The Morgan fingerprint density at radius 1 is 1.00 bits per heavy atom. The molecule has 2 aromatic carbocycles. The van der Waals surface area contributed by atoms with Gasteiger partial charge in [0.1, 0.15) is 6.67 Å². The Morgan fingerprint density at radius 3 is 2.33 bits per heavy atom. The highest BCUT2D eigenvalue weighted by Crippen LogP contribution is 2.25. The van der Waals surface area contributed by atoms with Crippen molar-refractivity contribution in [1.29, 1.82) is 0 Å². The molecule has 1 saturated heterocycles. The highest BCUT2D eigenvalue weighted by atomic mass is 35.5. The summed E-state index contributed by atoms with van der Waals surface area (Å²) in [6.45, 7) is 3.41. The number of piperazine rings is 1. The summed E-state index contributed by atoms with van der Waals surface area (Å²) in [5.41, 5.74) is 1.09. The number of nitrogens with one attached hydrogen (secondary N) is 1. The minimum absolute atomic E-state index is 0. The molecule has 1 aliphatic heterocycles. The number of rotatable bonds is 3. The highest BCUT2D eigenvalue weighted by molar-refractivity contribution is 5.85. The van der Waals surface area contributed by atoms with Crippen molar-refractivity contribution >= 4 is 35.6 Å². The van der Waals surface area contributed by atoms with Crippen molar-refractivity contribution < 1.29 is 4.39 Å². The molecule has 0 unspecified atom stereocenters. The third-order valence-electron chi connectivity index (χ3n) is 3.90. The van der Waals surface area contributed by atoms with Crippen LogP contribution in [0.5, 0.6) is 0 Å². The quantitative estimate of drug-likeness (QED) is 0.924. The van der Waals surface area contributed by atoms with Gasteiger partial charge in [-0.3, -0.25) is 4.90 Å². The van der Waals surface area contributed by atoms with E-state index in [0.717, 1.165) is 31.7 Å². The number of halogens is 3. The van der Waals surface area contributed by atoms with Crippen molar-refractivity contribution in [1.82, 2.24) is 10.2 Å². The number of hydrogen-bond acceptors (Lipinski definition) is 2. The predicted molar refractivity (Wildman–Crippen MR) is 91.6 cm³/mol. The first kappa shape index (κ1) is 18.2. The molecule has 116 valence electrons. The van der Waals surface area contributed by atoms with Gasteiger partial charge in [0, 0.05) is 26.2 Å². The Labute approximate surface area is 137 Å². The average molecular weight is 331 g/mol. The average Bonchev–Trinajstić information content (AvgIpc) is 2.49. The molecule has 0 bridgehead atoms. The molecule has 0 saturated carbocycles. The molecule has 1 heterocycles. The van der Waals surface area contributed by atoms with Gasteiger partial charge in [0.2, 0.25) is 0 Å². The third kappa shape index (κ3) is 4.07. The van der Waals surface area contributed by atoms with Crippen LogP contribution in [0, 0.1) is 0 Å². The Hall–Kier alpha value is -0.870. The second-order valence-corrected chi connectivity index (χ2v) is 5.06. The van der Waals surface area contributed by atoms with Crippen LogP contribution in [0.1, 0.15) is 11.6 Å². The van der Waals surface area contributed by atoms with E-state index in [4.69, 9.17) is 0 Å². The van der Waals surface area contributed by atoms with Crippen LogP contribution in [0.4, 0.5) is 4.39 Å². The topological polar surface area (TPSA) is 15.3 Å². The largest absolute Gasteiger partial charge is 0.314 e. The van der Waals surface area contributed by atoms with Crippen LogP contribution in [0.2, 0.25) is 0 Å². The van der Waals surface area contributed by atoms with Gasteiger partial charge < -0.3 is 5.32 Å². The van der Waals surface area contributed by atoms with Crippen LogP contribution >= 0.6 is 24.8 Å². The summed E-state index contributed by atoms with van der Waals surface area (Å²) in [6.07, 6.45) is 0. The predicted octanol–water partition coefficient (Wildman–Crippen LogP) is 3.60. The van der Waals surface area contributed by atoms with Gasteiger partial charge in [-0.15, -0.1) is 24.8 Å². The van der Waals surface area contributed by atoms with Crippen molar-refractivity contribution in [3.63, 3.8) is 0 Å².